The molecule has 0 radical (unpaired) electrons. The van der Waals surface area contributed by atoms with Crippen LogP contribution in [0.25, 0.3) is 0 Å². The third-order valence-electron chi connectivity index (χ3n) is 5.84. The largest absolute Gasteiger partial charge is 0.350 e. The van der Waals surface area contributed by atoms with Gasteiger partial charge in [-0.1, -0.05) is 97.4 Å². The van der Waals surface area contributed by atoms with Crippen LogP contribution >= 0.6 is 0 Å². The summed E-state index contributed by atoms with van der Waals surface area (Å²) in [6.07, 6.45) is 3.46. The van der Waals surface area contributed by atoms with E-state index in [1.54, 1.807) is 0 Å². The van der Waals surface area contributed by atoms with Gasteiger partial charge in [-0.3, -0.25) is 9.69 Å². The first-order valence-corrected chi connectivity index (χ1v) is 10.5. The van der Waals surface area contributed by atoms with Crippen molar-refractivity contribution < 1.29 is 6.22 Å². The van der Waals surface area contributed by atoms with Gasteiger partial charge in [-0.2, -0.15) is 0 Å². The van der Waals surface area contributed by atoms with Crippen LogP contribution in [0, 0.1) is 0 Å². The topological polar surface area (TPSA) is 32.3 Å². The molecule has 29 heavy (non-hydrogen) atoms. The summed E-state index contributed by atoms with van der Waals surface area (Å²) in [4.78, 5) is 16.4. The van der Waals surface area contributed by atoms with E-state index in [-0.39, 0.29) is 7.33 Å². The van der Waals surface area contributed by atoms with E-state index in [0.717, 1.165) is 42.6 Å². The Bertz CT molecular complexity index is 870. The van der Waals surface area contributed by atoms with Gasteiger partial charge in [0.2, 0.25) is 5.91 Å². The normalized spacial score (nSPS) is 15.0. The summed E-state index contributed by atoms with van der Waals surface area (Å²) in [5, 5.41) is 3.25. The quantitative estimate of drug-likeness (QED) is 0.648. The number of likely N-dealkylation sites (tertiary alicyclic amines) is 1. The van der Waals surface area contributed by atoms with Gasteiger partial charge in [0.25, 0.3) is 0 Å². The van der Waals surface area contributed by atoms with E-state index >= 15 is 0 Å². The van der Waals surface area contributed by atoms with Gasteiger partial charge < -0.3 is 5.32 Å². The Morgan fingerprint density at radius 3 is 1.76 bits per heavy atom. The zero-order valence-corrected chi connectivity index (χ0v) is 16.8. The van der Waals surface area contributed by atoms with Crippen LogP contribution in [0.15, 0.2) is 91.0 Å². The van der Waals surface area contributed by atoms with Gasteiger partial charge in [-0.25, -0.2) is 0 Å². The number of carbonyl (C=O) groups is 1. The maximum Gasteiger partial charge on any atom is 0.250 e. The number of rotatable bonds is 6. The summed E-state index contributed by atoms with van der Waals surface area (Å²) in [7, 11) is 0. The van der Waals surface area contributed by atoms with Gasteiger partial charge in [-0.05, 0) is 42.6 Å². The molecule has 3 heteroatoms. The van der Waals surface area contributed by atoms with Crippen molar-refractivity contribution in [3.8, 4) is 0 Å². The highest BCUT2D eigenvalue weighted by molar-refractivity contribution is 5.91. The van der Waals surface area contributed by atoms with E-state index in [2.05, 4.69) is 34.5 Å². The number of carbonyl (C=O) groups excluding carboxylic acids is 1. The Hall–Kier alpha value is -2.91. The molecule has 0 spiro atoms. The van der Waals surface area contributed by atoms with Crippen LogP contribution in [0.2, 0.25) is 0 Å². The van der Waals surface area contributed by atoms with Crippen LogP contribution in [0.4, 0.5) is 0 Å². The lowest BCUT2D eigenvalue weighted by Crippen LogP contribution is -2.58. The molecule has 1 saturated heterocycles. The van der Waals surface area contributed by atoms with Gasteiger partial charge in [-0.15, -0.1) is 0 Å². The predicted octanol–water partition coefficient (Wildman–Crippen LogP) is 4.98. The second-order valence-corrected chi connectivity index (χ2v) is 7.66. The van der Waals surface area contributed by atoms with Gasteiger partial charge >= 0.3 is 0 Å². The minimum atomic E-state index is -0.822. The number of benzene rings is 3. The molecular formula is C26H30N2O. The van der Waals surface area contributed by atoms with Crippen LogP contribution in [-0.2, 0) is 16.9 Å². The Morgan fingerprint density at radius 2 is 1.24 bits per heavy atom. The van der Waals surface area contributed by atoms with Gasteiger partial charge in [0, 0.05) is 7.97 Å². The third kappa shape index (κ3) is 3.96. The van der Waals surface area contributed by atoms with Crippen LogP contribution in [0.3, 0.4) is 0 Å². The first-order valence-electron chi connectivity index (χ1n) is 10.5. The van der Waals surface area contributed by atoms with Crippen molar-refractivity contribution in [2.24, 2.45) is 0 Å². The average molecular weight is 387 g/mol. The second-order valence-electron chi connectivity index (χ2n) is 7.66. The first-order chi connectivity index (χ1) is 14.3. The van der Waals surface area contributed by atoms with E-state index in [1.807, 2.05) is 66.7 Å². The van der Waals surface area contributed by atoms with Crippen molar-refractivity contribution in [3.63, 3.8) is 0 Å². The van der Waals surface area contributed by atoms with Crippen LogP contribution in [0.5, 0.6) is 0 Å². The Labute approximate surface area is 174 Å². The lowest BCUT2D eigenvalue weighted by Gasteiger charge is -2.45. The molecule has 4 rings (SSSR count). The summed E-state index contributed by atoms with van der Waals surface area (Å²) in [6, 6.07) is 30.6. The van der Waals surface area contributed by atoms with Gasteiger partial charge in [0.05, 0.1) is 0 Å². The molecule has 0 aliphatic carbocycles. The minimum absolute atomic E-state index is 0. The molecular weight excluding hydrogens is 356 g/mol. The van der Waals surface area contributed by atoms with E-state index in [1.165, 1.54) is 6.42 Å². The second kappa shape index (κ2) is 9.06. The van der Waals surface area contributed by atoms with Crippen molar-refractivity contribution in [3.05, 3.63) is 108 Å². The molecule has 0 atom stereocenters. The fraction of sp³-hybridized carbons (Fsp3) is 0.269. The summed E-state index contributed by atoms with van der Waals surface area (Å²) >= 11 is 0. The number of hydrogen-bond donors (Lipinski definition) is 1. The Morgan fingerprint density at radius 1 is 0.759 bits per heavy atom. The monoisotopic (exact) mass is 386 g/mol. The number of piperidine rings is 1. The maximum absolute atomic E-state index is 14.0. The molecule has 1 N–H and O–H groups in total. The van der Waals surface area contributed by atoms with E-state index in [0.29, 0.717) is 6.54 Å². The Balaban J connectivity index is 0.00000256. The predicted molar refractivity (Wildman–Crippen MR) is 119 cm³/mol. The van der Waals surface area contributed by atoms with E-state index in [4.69, 9.17) is 0 Å². The Kier molecular flexibility index (Phi) is 6.06. The van der Waals surface area contributed by atoms with Crippen LogP contribution in [-0.4, -0.2) is 23.9 Å². The fourth-order valence-corrected chi connectivity index (χ4v) is 4.43. The molecule has 3 aromatic rings. The third-order valence-corrected chi connectivity index (χ3v) is 5.84. The van der Waals surface area contributed by atoms with Crippen molar-refractivity contribution in [2.45, 2.75) is 31.3 Å². The zero-order chi connectivity index (χ0) is 19.9. The maximum atomic E-state index is 14.0. The standard InChI is InChI=1S/C26H28N2O.H2/c29-25(27-21-22-13-5-1-6-14-22)26(23-15-7-2-8-16-23,24-17-9-3-10-18-24)28-19-11-4-12-20-28;/h1-3,5-10,13-18H,4,11-12,19-21H2,(H,27,29);1H. The lowest BCUT2D eigenvalue weighted by molar-refractivity contribution is -0.132. The zero-order valence-electron chi connectivity index (χ0n) is 16.8. The number of nitrogens with one attached hydrogen (secondary N) is 1. The summed E-state index contributed by atoms with van der Waals surface area (Å²) in [5.74, 6) is 0.0423. The van der Waals surface area contributed by atoms with E-state index in [9.17, 15) is 4.79 Å². The number of nitrogens with zero attached hydrogens (tertiary/aromatic N) is 1. The fourth-order valence-electron chi connectivity index (χ4n) is 4.43. The molecule has 0 aromatic heterocycles. The van der Waals surface area contributed by atoms with Gasteiger partial charge in [0.1, 0.15) is 0 Å². The van der Waals surface area contributed by atoms with E-state index < -0.39 is 5.54 Å². The molecule has 3 aromatic carbocycles. The lowest BCUT2D eigenvalue weighted by atomic mass is 9.79. The molecule has 1 amide bonds. The molecule has 150 valence electrons. The molecule has 0 bridgehead atoms. The summed E-state index contributed by atoms with van der Waals surface area (Å²) in [5.41, 5.74) is 2.34. The molecule has 3 nitrogen and oxygen atoms in total. The molecule has 1 aliphatic rings. The number of amides is 1. The highest BCUT2D eigenvalue weighted by Gasteiger charge is 2.47. The van der Waals surface area contributed by atoms with Crippen LogP contribution < -0.4 is 5.32 Å². The first kappa shape index (κ1) is 19.4. The molecule has 1 aliphatic heterocycles. The molecule has 0 saturated carbocycles. The summed E-state index contributed by atoms with van der Waals surface area (Å²) in [6.45, 7) is 2.36. The highest BCUT2D eigenvalue weighted by atomic mass is 16.2. The van der Waals surface area contributed by atoms with Crippen molar-refractivity contribution in [2.75, 3.05) is 13.1 Å². The highest BCUT2D eigenvalue weighted by Crippen LogP contribution is 2.38. The number of hydrogen-bond acceptors (Lipinski definition) is 2. The minimum Gasteiger partial charge on any atom is -0.350 e. The van der Waals surface area contributed by atoms with Crippen LogP contribution in [0.1, 0.15) is 37.4 Å². The smallest absolute Gasteiger partial charge is 0.250 e. The van der Waals surface area contributed by atoms with Crippen molar-refractivity contribution >= 4 is 5.91 Å². The molecule has 0 unspecified atom stereocenters. The van der Waals surface area contributed by atoms with Gasteiger partial charge in [0.15, 0.2) is 5.54 Å². The molecule has 1 fully saturated rings. The molecule has 1 heterocycles. The SMILES string of the molecule is O=C(NCc1ccccc1)C(c1ccccc1)(c1ccccc1)N1CCCCC1.[HH]. The summed E-state index contributed by atoms with van der Waals surface area (Å²) < 4.78 is 0. The van der Waals surface area contributed by atoms with Crippen molar-refractivity contribution in [1.82, 2.24) is 10.2 Å². The average Bonchev–Trinajstić information content (AvgIpc) is 2.81. The van der Waals surface area contributed by atoms with Crippen molar-refractivity contribution in [1.29, 1.82) is 0 Å².